The lowest BCUT2D eigenvalue weighted by molar-refractivity contribution is -0.117. The van der Waals surface area contributed by atoms with Gasteiger partial charge in [0.1, 0.15) is 11.9 Å². The molecule has 5 heteroatoms. The molecule has 108 valence electrons. The third kappa shape index (κ3) is 8.84. The maximum absolute atomic E-state index is 12.1. The van der Waals surface area contributed by atoms with Gasteiger partial charge in [-0.25, -0.2) is 0 Å². The van der Waals surface area contributed by atoms with Crippen LogP contribution in [0, 0.1) is 0 Å². The summed E-state index contributed by atoms with van der Waals surface area (Å²) in [6.45, 7) is 6.27. The van der Waals surface area contributed by atoms with Gasteiger partial charge in [0, 0.05) is 6.42 Å². The molecular weight excluding hydrogens is 251 g/mol. The van der Waals surface area contributed by atoms with Gasteiger partial charge in [0.05, 0.1) is 13.2 Å². The van der Waals surface area contributed by atoms with E-state index in [4.69, 9.17) is 9.05 Å². The number of carbonyl (C=O) groups excluding carboxylic acids is 1. The van der Waals surface area contributed by atoms with Gasteiger partial charge < -0.3 is 9.05 Å². The second-order valence-electron chi connectivity index (χ2n) is 4.31. The van der Waals surface area contributed by atoms with Crippen molar-refractivity contribution in [2.45, 2.75) is 59.3 Å². The molecule has 0 radical (unpaired) electrons. The summed E-state index contributed by atoms with van der Waals surface area (Å²) in [7, 11) is -3.19. The van der Waals surface area contributed by atoms with Gasteiger partial charge in [0.15, 0.2) is 0 Å². The fourth-order valence-corrected chi connectivity index (χ4v) is 3.38. The first kappa shape index (κ1) is 17.8. The van der Waals surface area contributed by atoms with Gasteiger partial charge in [-0.15, -0.1) is 0 Å². The van der Waals surface area contributed by atoms with E-state index in [0.717, 1.165) is 12.8 Å². The van der Waals surface area contributed by atoms with Crippen LogP contribution in [0.2, 0.25) is 0 Å². The Kier molecular flexibility index (Phi) is 10.6. The summed E-state index contributed by atoms with van der Waals surface area (Å²) >= 11 is 0. The molecule has 0 amide bonds. The number of ketones is 1. The maximum Gasteiger partial charge on any atom is 0.338 e. The van der Waals surface area contributed by atoms with Crippen molar-refractivity contribution in [3.63, 3.8) is 0 Å². The van der Waals surface area contributed by atoms with Crippen LogP contribution < -0.4 is 0 Å². The summed E-state index contributed by atoms with van der Waals surface area (Å²) in [4.78, 5) is 11.7. The van der Waals surface area contributed by atoms with Crippen LogP contribution in [0.25, 0.3) is 0 Å². The van der Waals surface area contributed by atoms with Gasteiger partial charge in [-0.3, -0.25) is 9.36 Å². The molecule has 0 aliphatic heterocycles. The van der Waals surface area contributed by atoms with E-state index in [2.05, 4.69) is 6.92 Å². The molecule has 0 aromatic heterocycles. The molecule has 18 heavy (non-hydrogen) atoms. The molecule has 0 saturated heterocycles. The highest BCUT2D eigenvalue weighted by Gasteiger charge is 2.26. The van der Waals surface area contributed by atoms with Crippen molar-refractivity contribution < 1.29 is 18.4 Å². The second kappa shape index (κ2) is 10.7. The molecule has 0 aliphatic carbocycles. The summed E-state index contributed by atoms with van der Waals surface area (Å²) in [5, 5.41) is 0. The SMILES string of the molecule is CCCCCCCC(=O)CP(=O)(OCC)OCC. The van der Waals surface area contributed by atoms with Gasteiger partial charge in [0.25, 0.3) is 0 Å². The number of hydrogen-bond donors (Lipinski definition) is 0. The average Bonchev–Trinajstić information content (AvgIpc) is 2.29. The zero-order chi connectivity index (χ0) is 13.9. The number of rotatable bonds is 12. The summed E-state index contributed by atoms with van der Waals surface area (Å²) < 4.78 is 22.3. The second-order valence-corrected chi connectivity index (χ2v) is 6.36. The van der Waals surface area contributed by atoms with E-state index in [9.17, 15) is 9.36 Å². The van der Waals surface area contributed by atoms with Gasteiger partial charge in [0.2, 0.25) is 0 Å². The summed E-state index contributed by atoms with van der Waals surface area (Å²) in [5.74, 6) is -0.0169. The largest absolute Gasteiger partial charge is 0.338 e. The standard InChI is InChI=1S/C13H27O4P/c1-4-7-8-9-10-11-13(14)12-18(15,16-5-2)17-6-3/h4-12H2,1-3H3. The molecule has 0 aliphatic rings. The number of hydrogen-bond acceptors (Lipinski definition) is 4. The summed E-state index contributed by atoms with van der Waals surface area (Å²) in [5.41, 5.74) is 0. The summed E-state index contributed by atoms with van der Waals surface area (Å²) in [6, 6.07) is 0. The zero-order valence-corrected chi connectivity index (χ0v) is 12.8. The predicted octanol–water partition coefficient (Wildman–Crippen LogP) is 4.18. The highest BCUT2D eigenvalue weighted by atomic mass is 31.2. The van der Waals surface area contributed by atoms with Gasteiger partial charge in [-0.1, -0.05) is 32.6 Å². The van der Waals surface area contributed by atoms with Crippen LogP contribution >= 0.6 is 7.60 Å². The van der Waals surface area contributed by atoms with Crippen LogP contribution in [0.1, 0.15) is 59.3 Å². The van der Waals surface area contributed by atoms with Gasteiger partial charge >= 0.3 is 7.60 Å². The highest BCUT2D eigenvalue weighted by molar-refractivity contribution is 7.54. The Morgan fingerprint density at radius 3 is 2.00 bits per heavy atom. The minimum Gasteiger partial charge on any atom is -0.309 e. The molecule has 0 heterocycles. The first-order valence-electron chi connectivity index (χ1n) is 6.97. The van der Waals surface area contributed by atoms with E-state index in [1.165, 1.54) is 19.3 Å². The Bertz CT molecular complexity index is 256. The molecule has 0 rings (SSSR count). The maximum atomic E-state index is 12.1. The molecular formula is C13H27O4P. The highest BCUT2D eigenvalue weighted by Crippen LogP contribution is 2.48. The van der Waals surface area contributed by atoms with Crippen LogP contribution in [-0.4, -0.2) is 25.2 Å². The van der Waals surface area contributed by atoms with Crippen LogP contribution in [0.5, 0.6) is 0 Å². The van der Waals surface area contributed by atoms with Crippen LogP contribution in [0.4, 0.5) is 0 Å². The average molecular weight is 278 g/mol. The third-order valence-electron chi connectivity index (χ3n) is 2.58. The third-order valence-corrected chi connectivity index (χ3v) is 4.62. The molecule has 0 bridgehead atoms. The smallest absolute Gasteiger partial charge is 0.309 e. The van der Waals surface area contributed by atoms with Crippen molar-refractivity contribution in [3.8, 4) is 0 Å². The zero-order valence-electron chi connectivity index (χ0n) is 11.9. The number of unbranched alkanes of at least 4 members (excludes halogenated alkanes) is 4. The van der Waals surface area contributed by atoms with Gasteiger partial charge in [-0.05, 0) is 20.3 Å². The molecule has 0 atom stereocenters. The Morgan fingerprint density at radius 2 is 1.50 bits per heavy atom. The molecule has 0 fully saturated rings. The fourth-order valence-electron chi connectivity index (χ4n) is 1.74. The van der Waals surface area contributed by atoms with E-state index >= 15 is 0 Å². The first-order chi connectivity index (χ1) is 8.58. The molecule has 0 unspecified atom stereocenters. The number of Topliss-reactive ketones (excluding diaryl/α,β-unsaturated/α-hetero) is 1. The Labute approximate surface area is 111 Å². The van der Waals surface area contributed by atoms with Crippen molar-refractivity contribution in [2.75, 3.05) is 19.4 Å². The van der Waals surface area contributed by atoms with Crippen molar-refractivity contribution in [3.05, 3.63) is 0 Å². The van der Waals surface area contributed by atoms with E-state index in [1.54, 1.807) is 13.8 Å². The fraction of sp³-hybridized carbons (Fsp3) is 0.923. The number of carbonyl (C=O) groups is 1. The van der Waals surface area contributed by atoms with Crippen LogP contribution in [0.3, 0.4) is 0 Å². The lowest BCUT2D eigenvalue weighted by Crippen LogP contribution is -2.09. The molecule has 0 spiro atoms. The van der Waals surface area contributed by atoms with Crippen LogP contribution in [-0.2, 0) is 18.4 Å². The Hall–Kier alpha value is -0.180. The minimum atomic E-state index is -3.19. The lowest BCUT2D eigenvalue weighted by atomic mass is 10.1. The topological polar surface area (TPSA) is 52.6 Å². The van der Waals surface area contributed by atoms with Crippen molar-refractivity contribution in [2.24, 2.45) is 0 Å². The normalized spacial score (nSPS) is 11.7. The first-order valence-corrected chi connectivity index (χ1v) is 8.70. The lowest BCUT2D eigenvalue weighted by Gasteiger charge is -2.15. The Balaban J connectivity index is 3.92. The van der Waals surface area contributed by atoms with E-state index in [-0.39, 0.29) is 11.9 Å². The van der Waals surface area contributed by atoms with E-state index in [1.807, 2.05) is 0 Å². The van der Waals surface area contributed by atoms with Crippen molar-refractivity contribution in [1.82, 2.24) is 0 Å². The summed E-state index contributed by atoms with van der Waals surface area (Å²) in [6.07, 6.45) is 5.90. The molecule has 4 nitrogen and oxygen atoms in total. The van der Waals surface area contributed by atoms with Crippen molar-refractivity contribution in [1.29, 1.82) is 0 Å². The monoisotopic (exact) mass is 278 g/mol. The Morgan fingerprint density at radius 1 is 0.944 bits per heavy atom. The van der Waals surface area contributed by atoms with E-state index in [0.29, 0.717) is 19.6 Å². The van der Waals surface area contributed by atoms with E-state index < -0.39 is 7.60 Å². The molecule has 0 aromatic carbocycles. The van der Waals surface area contributed by atoms with Crippen molar-refractivity contribution >= 4 is 13.4 Å². The quantitative estimate of drug-likeness (QED) is 0.397. The van der Waals surface area contributed by atoms with Gasteiger partial charge in [-0.2, -0.15) is 0 Å². The molecule has 0 saturated carbocycles. The molecule has 0 aromatic rings. The molecule has 0 N–H and O–H groups in total. The minimum absolute atomic E-state index is 0.0169. The predicted molar refractivity (Wildman–Crippen MR) is 74.1 cm³/mol. The van der Waals surface area contributed by atoms with Crippen LogP contribution in [0.15, 0.2) is 0 Å².